The third kappa shape index (κ3) is 5.61. The summed E-state index contributed by atoms with van der Waals surface area (Å²) in [4.78, 5) is 4.02. The molecule has 1 aliphatic carbocycles. The zero-order valence-electron chi connectivity index (χ0n) is 44.8. The van der Waals surface area contributed by atoms with Crippen molar-refractivity contribution in [2.24, 2.45) is 0 Å². The fourth-order valence-corrected chi connectivity index (χ4v) is 8.49. The molecule has 274 valence electrons. The van der Waals surface area contributed by atoms with E-state index in [0.29, 0.717) is 11.4 Å². The van der Waals surface area contributed by atoms with Crippen molar-refractivity contribution in [2.75, 3.05) is 9.80 Å². The highest BCUT2D eigenvalue weighted by Gasteiger charge is 2.52. The molecule has 0 fully saturated rings. The fraction of sp³-hybridized carbons (Fsp3) is 0.429. The summed E-state index contributed by atoms with van der Waals surface area (Å²) >= 11 is 0. The first-order chi connectivity index (χ1) is 29.6. The lowest BCUT2D eigenvalue weighted by Gasteiger charge is -2.44. The van der Waals surface area contributed by atoms with Gasteiger partial charge in [-0.2, -0.15) is 0 Å². The average molecular weight is 715 g/mol. The van der Waals surface area contributed by atoms with Crippen molar-refractivity contribution in [3.05, 3.63) is 112 Å². The Balaban J connectivity index is 1.61. The topological polar surface area (TPSA) is 19.6 Å². The lowest BCUT2D eigenvalue weighted by atomic mass is 9.35. The first-order valence-electron chi connectivity index (χ1n) is 24.9. The predicted molar refractivity (Wildman–Crippen MR) is 229 cm³/mol. The van der Waals surface area contributed by atoms with E-state index in [4.69, 9.17) is 20.9 Å². The zero-order valence-corrected chi connectivity index (χ0v) is 32.8. The van der Waals surface area contributed by atoms with E-state index in [2.05, 4.69) is 116 Å². The third-order valence-electron chi connectivity index (χ3n) is 11.6. The smallest absolute Gasteiger partial charge is 0.297 e. The van der Waals surface area contributed by atoms with Gasteiger partial charge in [-0.3, -0.25) is 0 Å². The first kappa shape index (κ1) is 24.3. The summed E-state index contributed by atoms with van der Waals surface area (Å²) in [5, 5.41) is 0. The number of benzene rings is 4. The molecule has 3 aliphatic rings. The Morgan fingerprint density at radius 1 is 0.604 bits per heavy atom. The Kier molecular flexibility index (Phi) is 5.23. The largest absolute Gasteiger partial charge is 0.472 e. The van der Waals surface area contributed by atoms with E-state index in [0.717, 1.165) is 50.2 Å². The van der Waals surface area contributed by atoms with Crippen LogP contribution in [0, 0.1) is 6.92 Å². The maximum atomic E-state index is 9.16. The average Bonchev–Trinajstić information content (AvgIpc) is 3.54. The Labute approximate surface area is 336 Å². The maximum Gasteiger partial charge on any atom is 0.297 e. The molecule has 4 heteroatoms. The van der Waals surface area contributed by atoms with Crippen LogP contribution < -0.4 is 26.4 Å². The number of fused-ring (bicyclic) bond motifs is 6. The number of hydrogen-bond acceptors (Lipinski definition) is 3. The number of hydrogen-bond donors (Lipinski definition) is 0. The van der Waals surface area contributed by atoms with Crippen LogP contribution in [-0.4, -0.2) is 6.71 Å². The van der Waals surface area contributed by atoms with E-state index < -0.39 is 69.1 Å². The SMILES string of the molecule is [2H]C([2H])([2H])C1(C([2H])([2H])[2H])CCC(C([2H])([2H])[2H])(C([2H])([2H])[2H])c2c1oc1c2N(c2ccc(C(C)(C)C)cc2)c2cc(C)cc3c2B1c1cc(C(C)(C)C)ccc1N3c1ccc(C(C)(C)C)cc1. The van der Waals surface area contributed by atoms with Gasteiger partial charge in [0.05, 0.1) is 11.3 Å². The molecule has 0 radical (unpaired) electrons. The van der Waals surface area contributed by atoms with Gasteiger partial charge in [0.15, 0.2) is 0 Å². The fourth-order valence-electron chi connectivity index (χ4n) is 8.49. The van der Waals surface area contributed by atoms with Crippen LogP contribution in [0.5, 0.6) is 0 Å². The van der Waals surface area contributed by atoms with Gasteiger partial charge in [-0.25, -0.2) is 0 Å². The lowest BCUT2D eigenvalue weighted by Crippen LogP contribution is -2.61. The summed E-state index contributed by atoms with van der Waals surface area (Å²) < 4.78 is 116. The highest BCUT2D eigenvalue weighted by atomic mass is 16.3. The molecule has 0 atom stereocenters. The van der Waals surface area contributed by atoms with Crippen molar-refractivity contribution >= 4 is 57.4 Å². The minimum absolute atomic E-state index is 0.0532. The van der Waals surface area contributed by atoms with Gasteiger partial charge in [0.25, 0.3) is 6.71 Å². The van der Waals surface area contributed by atoms with E-state index in [1.165, 1.54) is 0 Å². The molecule has 3 nitrogen and oxygen atoms in total. The molecule has 2 aliphatic heterocycles. The number of rotatable bonds is 2. The molecule has 0 saturated heterocycles. The summed E-state index contributed by atoms with van der Waals surface area (Å²) in [5.74, 6) is -0.628. The van der Waals surface area contributed by atoms with Crippen molar-refractivity contribution in [2.45, 2.75) is 137 Å². The van der Waals surface area contributed by atoms with Crippen LogP contribution >= 0.6 is 0 Å². The summed E-state index contributed by atoms with van der Waals surface area (Å²) in [6, 6.07) is 26.5. The summed E-state index contributed by atoms with van der Waals surface area (Å²) in [6.45, 7) is 7.06. The minimum atomic E-state index is -3.28. The van der Waals surface area contributed by atoms with Crippen molar-refractivity contribution in [1.82, 2.24) is 0 Å². The molecule has 4 aromatic carbocycles. The quantitative estimate of drug-likeness (QED) is 0.166. The molecule has 0 spiro atoms. The second kappa shape index (κ2) is 11.4. The second-order valence-corrected chi connectivity index (χ2v) is 18.8. The number of nitrogens with zero attached hydrogens (tertiary/aromatic N) is 2. The molecular weight excluding hydrogens is 643 g/mol. The number of furan rings is 1. The van der Waals surface area contributed by atoms with E-state index in [1.807, 2.05) is 42.2 Å². The van der Waals surface area contributed by atoms with Crippen molar-refractivity contribution in [3.63, 3.8) is 0 Å². The summed E-state index contributed by atoms with van der Waals surface area (Å²) in [5.41, 5.74) is 2.65. The number of anilines is 6. The van der Waals surface area contributed by atoms with Crippen LogP contribution in [0.4, 0.5) is 34.1 Å². The van der Waals surface area contributed by atoms with Crippen molar-refractivity contribution in [3.8, 4) is 0 Å². The lowest BCUT2D eigenvalue weighted by molar-refractivity contribution is 0.282. The van der Waals surface area contributed by atoms with Crippen molar-refractivity contribution < 1.29 is 20.9 Å². The molecule has 1 aromatic heterocycles. The Hall–Kier alpha value is -4.18. The molecule has 8 rings (SSSR count). The van der Waals surface area contributed by atoms with Gasteiger partial charge in [0.2, 0.25) is 0 Å². The standard InChI is InChI=1S/C49H59BN2O/c1-30-27-38-41-39(28-30)52(35-22-17-32(18-23-35)46(5,6)7)42-40-43(49(13,14)26-25-48(40,11)12)53-44(42)50(41)36-29-33(47(8,9)10)19-24-37(36)51(38)34-20-15-31(16-21-34)45(2,3)4/h15-24,27-29H,25-26H2,1-14H3/i11D3,12D3,13D3,14D3. The van der Waals surface area contributed by atoms with E-state index >= 15 is 0 Å². The minimum Gasteiger partial charge on any atom is -0.472 e. The van der Waals surface area contributed by atoms with Crippen LogP contribution in [0.25, 0.3) is 0 Å². The van der Waals surface area contributed by atoms with Crippen LogP contribution in [0.15, 0.2) is 83.3 Å². The highest BCUT2D eigenvalue weighted by molar-refractivity contribution is 6.99. The van der Waals surface area contributed by atoms with E-state index in [9.17, 15) is 0 Å². The third-order valence-corrected chi connectivity index (χ3v) is 11.6. The normalized spacial score (nSPS) is 21.6. The van der Waals surface area contributed by atoms with Crippen LogP contribution in [-0.2, 0) is 27.1 Å². The zero-order chi connectivity index (χ0) is 48.2. The Bertz CT molecular complexity index is 2660. The molecule has 5 aromatic rings. The van der Waals surface area contributed by atoms with Crippen LogP contribution in [0.3, 0.4) is 0 Å². The molecule has 3 heterocycles. The molecule has 0 bridgehead atoms. The molecule has 53 heavy (non-hydrogen) atoms. The maximum absolute atomic E-state index is 9.16. The van der Waals surface area contributed by atoms with Crippen molar-refractivity contribution in [1.29, 1.82) is 0 Å². The predicted octanol–water partition coefficient (Wildman–Crippen LogP) is 11.9. The van der Waals surface area contributed by atoms with Gasteiger partial charge < -0.3 is 14.2 Å². The number of aryl methyl sites for hydroxylation is 1. The summed E-state index contributed by atoms with van der Waals surface area (Å²) in [6.07, 6.45) is -1.56. The molecule has 0 saturated carbocycles. The van der Waals surface area contributed by atoms with Gasteiger partial charge in [0, 0.05) is 55.9 Å². The van der Waals surface area contributed by atoms with Gasteiger partial charge >= 0.3 is 0 Å². The summed E-state index contributed by atoms with van der Waals surface area (Å²) in [7, 11) is 0. The van der Waals surface area contributed by atoms with Crippen LogP contribution in [0.1, 0.15) is 153 Å². The highest BCUT2D eigenvalue weighted by Crippen LogP contribution is 2.54. The molecule has 0 unspecified atom stereocenters. The monoisotopic (exact) mass is 715 g/mol. The first-order valence-corrected chi connectivity index (χ1v) is 18.9. The molecule has 0 N–H and O–H groups in total. The van der Waals surface area contributed by atoms with Gasteiger partial charge in [-0.15, -0.1) is 0 Å². The Morgan fingerprint density at radius 3 is 1.62 bits per heavy atom. The van der Waals surface area contributed by atoms with Gasteiger partial charge in [-0.1, -0.05) is 126 Å². The second-order valence-electron chi connectivity index (χ2n) is 18.8. The van der Waals surface area contributed by atoms with E-state index in [-0.39, 0.29) is 27.6 Å². The molecular formula is C49H59BN2O. The van der Waals surface area contributed by atoms with Crippen LogP contribution in [0.2, 0.25) is 0 Å². The molecule has 0 amide bonds. The van der Waals surface area contributed by atoms with Gasteiger partial charge in [-0.05, 0) is 117 Å². The van der Waals surface area contributed by atoms with E-state index in [1.54, 1.807) is 0 Å². The van der Waals surface area contributed by atoms with Gasteiger partial charge in [0.1, 0.15) is 5.76 Å². The Morgan fingerprint density at radius 2 is 1.09 bits per heavy atom.